The fourth-order valence-electron chi connectivity index (χ4n) is 4.89. The molecule has 0 aromatic heterocycles. The third-order valence-electron chi connectivity index (χ3n) is 6.34. The van der Waals surface area contributed by atoms with E-state index in [0.717, 1.165) is 19.4 Å². The summed E-state index contributed by atoms with van der Waals surface area (Å²) in [4.78, 5) is 2.25. The van der Waals surface area contributed by atoms with E-state index in [1.165, 1.54) is 16.7 Å². The molecule has 2 unspecified atom stereocenters. The lowest BCUT2D eigenvalue weighted by Crippen LogP contribution is -2.40. The summed E-state index contributed by atoms with van der Waals surface area (Å²) in [5, 5.41) is 0. The molecule has 2 aromatic rings. The summed E-state index contributed by atoms with van der Waals surface area (Å²) in [6.07, 6.45) is 22.7. The highest BCUT2D eigenvalue weighted by Gasteiger charge is 2.45. The van der Waals surface area contributed by atoms with Crippen molar-refractivity contribution in [1.29, 1.82) is 0 Å². The van der Waals surface area contributed by atoms with E-state index in [0.29, 0.717) is 0 Å². The van der Waals surface area contributed by atoms with Crippen LogP contribution in [-0.4, -0.2) is 25.5 Å². The van der Waals surface area contributed by atoms with E-state index in [1.54, 1.807) is 0 Å². The van der Waals surface area contributed by atoms with Crippen LogP contribution in [0, 0.1) is 0 Å². The smallest absolute Gasteiger partial charge is 0.0391 e. The molecule has 30 heavy (non-hydrogen) atoms. The van der Waals surface area contributed by atoms with Gasteiger partial charge in [-0.25, -0.2) is 0 Å². The average Bonchev–Trinajstić information content (AvgIpc) is 2.81. The molecule has 152 valence electrons. The van der Waals surface area contributed by atoms with Gasteiger partial charge in [0, 0.05) is 17.4 Å². The molecule has 0 N–H and O–H groups in total. The Balaban J connectivity index is 1.98. The lowest BCUT2D eigenvalue weighted by atomic mass is 9.57. The van der Waals surface area contributed by atoms with Gasteiger partial charge in [0.1, 0.15) is 0 Å². The van der Waals surface area contributed by atoms with Gasteiger partial charge in [-0.15, -0.1) is 0 Å². The molecule has 0 amide bonds. The fraction of sp³-hybridized carbons (Fsp3) is 0.241. The Labute approximate surface area is 181 Å². The fourth-order valence-corrected chi connectivity index (χ4v) is 4.89. The first-order chi connectivity index (χ1) is 14.7. The first-order valence-corrected chi connectivity index (χ1v) is 10.8. The van der Waals surface area contributed by atoms with Crippen molar-refractivity contribution in [2.75, 3.05) is 20.6 Å². The van der Waals surface area contributed by atoms with Gasteiger partial charge in [-0.2, -0.15) is 0 Å². The Morgan fingerprint density at radius 1 is 0.733 bits per heavy atom. The molecule has 1 heteroatoms. The lowest BCUT2D eigenvalue weighted by Gasteiger charge is -2.46. The quantitative estimate of drug-likeness (QED) is 0.515. The van der Waals surface area contributed by atoms with Crippen molar-refractivity contribution in [3.63, 3.8) is 0 Å². The minimum absolute atomic E-state index is 0.169. The molecular weight excluding hydrogens is 362 g/mol. The summed E-state index contributed by atoms with van der Waals surface area (Å²) in [5.41, 5.74) is 3.83. The SMILES string of the molecule is CN(C)CC=C(C1(c2ccccc2)C=CC=CC1)C1(c2ccccc2)C=CC=CC1. The molecule has 0 saturated carbocycles. The monoisotopic (exact) mass is 393 g/mol. The molecule has 2 aliphatic rings. The van der Waals surface area contributed by atoms with Crippen LogP contribution >= 0.6 is 0 Å². The van der Waals surface area contributed by atoms with Crippen LogP contribution in [-0.2, 0) is 10.8 Å². The Morgan fingerprint density at radius 2 is 1.20 bits per heavy atom. The molecule has 0 fully saturated rings. The number of nitrogens with zero attached hydrogens (tertiary/aromatic N) is 1. The largest absolute Gasteiger partial charge is 0.306 e. The molecule has 0 radical (unpaired) electrons. The Morgan fingerprint density at radius 3 is 1.57 bits per heavy atom. The lowest BCUT2D eigenvalue weighted by molar-refractivity contribution is 0.440. The maximum Gasteiger partial charge on any atom is 0.0391 e. The van der Waals surface area contributed by atoms with Crippen LogP contribution in [0.3, 0.4) is 0 Å². The van der Waals surface area contributed by atoms with Crippen LogP contribution in [0.1, 0.15) is 24.0 Å². The summed E-state index contributed by atoms with van der Waals surface area (Å²) in [6, 6.07) is 22.0. The van der Waals surface area contributed by atoms with Gasteiger partial charge >= 0.3 is 0 Å². The summed E-state index contributed by atoms with van der Waals surface area (Å²) >= 11 is 0. The number of hydrogen-bond donors (Lipinski definition) is 0. The van der Waals surface area contributed by atoms with Crippen molar-refractivity contribution in [3.8, 4) is 0 Å². The predicted octanol–water partition coefficient (Wildman–Crippen LogP) is 6.38. The third-order valence-corrected chi connectivity index (χ3v) is 6.34. The molecule has 0 aliphatic heterocycles. The minimum Gasteiger partial charge on any atom is -0.306 e. The summed E-state index contributed by atoms with van der Waals surface area (Å²) in [6.45, 7) is 0.910. The second kappa shape index (κ2) is 8.85. The first kappa shape index (κ1) is 20.4. The average molecular weight is 394 g/mol. The maximum absolute atomic E-state index is 2.48. The summed E-state index contributed by atoms with van der Waals surface area (Å²) < 4.78 is 0. The van der Waals surface area contributed by atoms with Crippen LogP contribution in [0.15, 0.2) is 121 Å². The summed E-state index contributed by atoms with van der Waals surface area (Å²) in [7, 11) is 4.29. The van der Waals surface area contributed by atoms with Crippen LogP contribution < -0.4 is 0 Å². The second-order valence-corrected chi connectivity index (χ2v) is 8.54. The van der Waals surface area contributed by atoms with Gasteiger partial charge in [-0.1, -0.05) is 115 Å². The van der Waals surface area contributed by atoms with E-state index in [2.05, 4.69) is 134 Å². The standard InChI is InChI=1S/C29H31N/c1-30(2)24-19-27(28(20-11-5-12-21-28)25-15-7-3-8-16-25)29(22-13-6-14-23-29)26-17-9-4-10-18-26/h3-20,22H,21,23-24H2,1-2H3. The Hall–Kier alpha value is -2.90. The van der Waals surface area contributed by atoms with Crippen molar-refractivity contribution in [2.45, 2.75) is 23.7 Å². The van der Waals surface area contributed by atoms with Gasteiger partial charge in [0.25, 0.3) is 0 Å². The molecule has 4 rings (SSSR count). The van der Waals surface area contributed by atoms with E-state index in [1.807, 2.05) is 0 Å². The zero-order valence-electron chi connectivity index (χ0n) is 18.0. The van der Waals surface area contributed by atoms with E-state index < -0.39 is 0 Å². The van der Waals surface area contributed by atoms with Gasteiger partial charge in [-0.05, 0) is 43.6 Å². The van der Waals surface area contributed by atoms with E-state index in [-0.39, 0.29) is 10.8 Å². The third kappa shape index (κ3) is 3.78. The van der Waals surface area contributed by atoms with Crippen LogP contribution in [0.4, 0.5) is 0 Å². The summed E-state index contributed by atoms with van der Waals surface area (Å²) in [5.74, 6) is 0. The number of benzene rings is 2. The molecule has 2 atom stereocenters. The molecule has 0 heterocycles. The van der Waals surface area contributed by atoms with Crippen LogP contribution in [0.2, 0.25) is 0 Å². The minimum atomic E-state index is -0.169. The van der Waals surface area contributed by atoms with Gasteiger partial charge in [-0.3, -0.25) is 0 Å². The predicted molar refractivity (Wildman–Crippen MR) is 129 cm³/mol. The topological polar surface area (TPSA) is 3.24 Å². The molecule has 0 spiro atoms. The highest BCUT2D eigenvalue weighted by Crippen LogP contribution is 2.51. The van der Waals surface area contributed by atoms with E-state index >= 15 is 0 Å². The van der Waals surface area contributed by atoms with Crippen LogP contribution in [0.25, 0.3) is 0 Å². The van der Waals surface area contributed by atoms with Crippen molar-refractivity contribution >= 4 is 0 Å². The Bertz CT molecular complexity index is 916. The van der Waals surface area contributed by atoms with E-state index in [9.17, 15) is 0 Å². The molecule has 1 nitrogen and oxygen atoms in total. The van der Waals surface area contributed by atoms with Crippen LogP contribution in [0.5, 0.6) is 0 Å². The number of hydrogen-bond acceptors (Lipinski definition) is 1. The first-order valence-electron chi connectivity index (χ1n) is 10.8. The van der Waals surface area contributed by atoms with Crippen molar-refractivity contribution in [2.24, 2.45) is 0 Å². The highest BCUT2D eigenvalue weighted by atomic mass is 15.0. The molecular formula is C29H31N. The highest BCUT2D eigenvalue weighted by molar-refractivity contribution is 5.57. The van der Waals surface area contributed by atoms with Crippen molar-refractivity contribution in [1.82, 2.24) is 4.90 Å². The molecule has 2 aliphatic carbocycles. The normalized spacial score (nSPS) is 24.9. The van der Waals surface area contributed by atoms with Crippen molar-refractivity contribution < 1.29 is 0 Å². The van der Waals surface area contributed by atoms with Gasteiger partial charge in [0.15, 0.2) is 0 Å². The molecule has 0 bridgehead atoms. The van der Waals surface area contributed by atoms with Crippen molar-refractivity contribution in [3.05, 3.63) is 132 Å². The number of likely N-dealkylation sites (N-methyl/N-ethyl adjacent to an activating group) is 1. The zero-order valence-corrected chi connectivity index (χ0v) is 18.0. The number of allylic oxidation sites excluding steroid dienone is 9. The van der Waals surface area contributed by atoms with Gasteiger partial charge in [0.05, 0.1) is 0 Å². The van der Waals surface area contributed by atoms with Gasteiger partial charge in [0.2, 0.25) is 0 Å². The molecule has 0 saturated heterocycles. The zero-order chi connectivity index (χ0) is 20.9. The second-order valence-electron chi connectivity index (χ2n) is 8.54. The van der Waals surface area contributed by atoms with E-state index in [4.69, 9.17) is 0 Å². The maximum atomic E-state index is 2.48. The number of rotatable bonds is 6. The molecule has 2 aromatic carbocycles. The Kier molecular flexibility index (Phi) is 6.01. The van der Waals surface area contributed by atoms with Gasteiger partial charge < -0.3 is 4.90 Å².